The maximum Gasteiger partial charge on any atom is 0.257 e. The highest BCUT2D eigenvalue weighted by Crippen LogP contribution is 2.22. The van der Waals surface area contributed by atoms with Crippen molar-refractivity contribution in [3.63, 3.8) is 0 Å². The lowest BCUT2D eigenvalue weighted by atomic mass is 10.1. The van der Waals surface area contributed by atoms with Crippen LogP contribution in [0.4, 0.5) is 5.69 Å². The Morgan fingerprint density at radius 1 is 1.27 bits per heavy atom. The molecule has 1 rings (SSSR count). The molecule has 0 aromatic heterocycles. The van der Waals surface area contributed by atoms with Gasteiger partial charge in [-0.25, -0.2) is 0 Å². The predicted molar refractivity (Wildman–Crippen MR) is 86.8 cm³/mol. The van der Waals surface area contributed by atoms with Gasteiger partial charge in [0.2, 0.25) is 0 Å². The number of hydrogen-bond donors (Lipinski definition) is 3. The smallest absolute Gasteiger partial charge is 0.257 e. The van der Waals surface area contributed by atoms with Crippen molar-refractivity contribution in [2.45, 2.75) is 27.2 Å². The molecule has 0 bridgehead atoms. The van der Waals surface area contributed by atoms with Crippen LogP contribution in [-0.2, 0) is 4.79 Å². The van der Waals surface area contributed by atoms with Gasteiger partial charge >= 0.3 is 0 Å². The van der Waals surface area contributed by atoms with Gasteiger partial charge in [0.15, 0.2) is 6.61 Å². The summed E-state index contributed by atoms with van der Waals surface area (Å²) in [7, 11) is 0. The summed E-state index contributed by atoms with van der Waals surface area (Å²) in [5.41, 5.74) is 6.67. The van der Waals surface area contributed by atoms with Crippen LogP contribution in [0.1, 0.15) is 37.6 Å². The zero-order valence-electron chi connectivity index (χ0n) is 13.4. The normalized spacial score (nSPS) is 10.4. The van der Waals surface area contributed by atoms with Crippen LogP contribution in [0.3, 0.4) is 0 Å². The van der Waals surface area contributed by atoms with Crippen LogP contribution < -0.4 is 21.1 Å². The van der Waals surface area contributed by atoms with Gasteiger partial charge < -0.3 is 21.1 Å². The van der Waals surface area contributed by atoms with Crippen LogP contribution in [0.5, 0.6) is 5.75 Å². The number of rotatable bonds is 8. The average Bonchev–Trinajstić information content (AvgIpc) is 2.49. The third-order valence-electron chi connectivity index (χ3n) is 2.87. The summed E-state index contributed by atoms with van der Waals surface area (Å²) in [6.07, 6.45) is 0.869. The second-order valence-electron chi connectivity index (χ2n) is 5.50. The minimum atomic E-state index is -0.196. The lowest BCUT2D eigenvalue weighted by Crippen LogP contribution is -2.31. The average molecular weight is 307 g/mol. The molecule has 0 spiro atoms. The lowest BCUT2D eigenvalue weighted by Gasteiger charge is -2.11. The van der Waals surface area contributed by atoms with Crippen molar-refractivity contribution in [2.75, 3.05) is 25.4 Å². The Morgan fingerprint density at radius 2 is 2.00 bits per heavy atom. The molecule has 22 heavy (non-hydrogen) atoms. The summed E-state index contributed by atoms with van der Waals surface area (Å²) in [5.74, 6) is 0.411. The van der Waals surface area contributed by atoms with E-state index in [2.05, 4.69) is 10.6 Å². The Hall–Kier alpha value is -2.24. The molecule has 0 aliphatic carbocycles. The number of ether oxygens (including phenoxy) is 1. The van der Waals surface area contributed by atoms with Crippen LogP contribution in [0.25, 0.3) is 0 Å². The minimum Gasteiger partial charge on any atom is -0.482 e. The summed E-state index contributed by atoms with van der Waals surface area (Å²) >= 11 is 0. The van der Waals surface area contributed by atoms with E-state index in [0.717, 1.165) is 6.42 Å². The summed E-state index contributed by atoms with van der Waals surface area (Å²) in [6.45, 7) is 7.14. The molecule has 0 unspecified atom stereocenters. The van der Waals surface area contributed by atoms with Gasteiger partial charge in [0.05, 0.1) is 5.69 Å². The molecule has 0 aliphatic rings. The first-order chi connectivity index (χ1) is 10.4. The quantitative estimate of drug-likeness (QED) is 0.635. The second-order valence-corrected chi connectivity index (χ2v) is 5.50. The van der Waals surface area contributed by atoms with Gasteiger partial charge in [0.1, 0.15) is 5.75 Å². The summed E-state index contributed by atoms with van der Waals surface area (Å²) in [4.78, 5) is 23.4. The third kappa shape index (κ3) is 6.03. The molecule has 0 atom stereocenters. The van der Waals surface area contributed by atoms with Crippen LogP contribution >= 0.6 is 0 Å². The molecule has 1 aromatic rings. The topological polar surface area (TPSA) is 93.4 Å². The molecule has 6 nitrogen and oxygen atoms in total. The van der Waals surface area contributed by atoms with Gasteiger partial charge in [-0.2, -0.15) is 0 Å². The molecule has 6 heteroatoms. The number of benzene rings is 1. The van der Waals surface area contributed by atoms with E-state index in [1.54, 1.807) is 18.2 Å². The first-order valence-corrected chi connectivity index (χ1v) is 7.51. The summed E-state index contributed by atoms with van der Waals surface area (Å²) < 4.78 is 5.38. The lowest BCUT2D eigenvalue weighted by molar-refractivity contribution is -0.123. The van der Waals surface area contributed by atoms with E-state index >= 15 is 0 Å². The molecule has 122 valence electrons. The summed E-state index contributed by atoms with van der Waals surface area (Å²) in [6, 6.07) is 4.78. The van der Waals surface area contributed by atoms with Crippen molar-refractivity contribution < 1.29 is 14.3 Å². The molecule has 4 N–H and O–H groups in total. The fourth-order valence-electron chi connectivity index (χ4n) is 1.67. The van der Waals surface area contributed by atoms with E-state index in [4.69, 9.17) is 10.5 Å². The van der Waals surface area contributed by atoms with E-state index in [1.807, 2.05) is 20.8 Å². The second kappa shape index (κ2) is 8.92. The van der Waals surface area contributed by atoms with Crippen molar-refractivity contribution in [1.29, 1.82) is 0 Å². The van der Waals surface area contributed by atoms with Crippen LogP contribution in [0.2, 0.25) is 0 Å². The standard InChI is InChI=1S/C16H25N3O3/c1-4-7-18-16(21)12-5-6-14(13(17)8-12)22-10-15(20)19-9-11(2)3/h5-6,8,11H,4,7,9-10,17H2,1-3H3,(H,18,21)(H,19,20). The van der Waals surface area contributed by atoms with Gasteiger partial charge in [0, 0.05) is 18.7 Å². The van der Waals surface area contributed by atoms with Crippen molar-refractivity contribution in [1.82, 2.24) is 10.6 Å². The first-order valence-electron chi connectivity index (χ1n) is 7.51. The van der Waals surface area contributed by atoms with Gasteiger partial charge in [-0.05, 0) is 30.5 Å². The van der Waals surface area contributed by atoms with Crippen molar-refractivity contribution in [2.24, 2.45) is 5.92 Å². The minimum absolute atomic E-state index is 0.0989. The van der Waals surface area contributed by atoms with Crippen molar-refractivity contribution in [3.05, 3.63) is 23.8 Å². The fraction of sp³-hybridized carbons (Fsp3) is 0.500. The van der Waals surface area contributed by atoms with Gasteiger partial charge in [-0.1, -0.05) is 20.8 Å². The number of nitrogens with two attached hydrogens (primary N) is 1. The number of nitrogens with one attached hydrogen (secondary N) is 2. The molecule has 1 aromatic carbocycles. The largest absolute Gasteiger partial charge is 0.482 e. The number of carbonyl (C=O) groups excluding carboxylic acids is 2. The third-order valence-corrected chi connectivity index (χ3v) is 2.87. The van der Waals surface area contributed by atoms with Crippen molar-refractivity contribution >= 4 is 17.5 Å². The Balaban J connectivity index is 2.55. The Bertz CT molecular complexity index is 515. The van der Waals surface area contributed by atoms with Gasteiger partial charge in [-0.3, -0.25) is 9.59 Å². The number of carbonyl (C=O) groups is 2. The molecule has 0 fully saturated rings. The SMILES string of the molecule is CCCNC(=O)c1ccc(OCC(=O)NCC(C)C)c(N)c1. The highest BCUT2D eigenvalue weighted by molar-refractivity contribution is 5.95. The van der Waals surface area contributed by atoms with Crippen LogP contribution in [0.15, 0.2) is 18.2 Å². The zero-order chi connectivity index (χ0) is 16.5. The molecule has 0 radical (unpaired) electrons. The molecule has 0 saturated carbocycles. The van der Waals surface area contributed by atoms with Crippen molar-refractivity contribution in [3.8, 4) is 5.75 Å². The van der Waals surface area contributed by atoms with Gasteiger partial charge in [-0.15, -0.1) is 0 Å². The predicted octanol–water partition coefficient (Wildman–Crippen LogP) is 1.56. The molecule has 0 heterocycles. The number of nitrogen functional groups attached to an aromatic ring is 1. The van der Waals surface area contributed by atoms with Gasteiger partial charge in [0.25, 0.3) is 11.8 Å². The Morgan fingerprint density at radius 3 is 2.59 bits per heavy atom. The maximum atomic E-state index is 11.8. The summed E-state index contributed by atoms with van der Waals surface area (Å²) in [5, 5.41) is 5.53. The highest BCUT2D eigenvalue weighted by atomic mass is 16.5. The number of amides is 2. The van der Waals surface area contributed by atoms with Crippen LogP contribution in [-0.4, -0.2) is 31.5 Å². The number of hydrogen-bond acceptors (Lipinski definition) is 4. The van der Waals surface area contributed by atoms with E-state index in [0.29, 0.717) is 36.0 Å². The molecule has 2 amide bonds. The zero-order valence-corrected chi connectivity index (χ0v) is 13.4. The molecule has 0 saturated heterocycles. The number of anilines is 1. The van der Waals surface area contributed by atoms with E-state index in [1.165, 1.54) is 0 Å². The monoisotopic (exact) mass is 307 g/mol. The van der Waals surface area contributed by atoms with E-state index in [-0.39, 0.29) is 18.4 Å². The fourth-order valence-corrected chi connectivity index (χ4v) is 1.67. The highest BCUT2D eigenvalue weighted by Gasteiger charge is 2.10. The molecule has 0 aliphatic heterocycles. The van der Waals surface area contributed by atoms with Crippen LogP contribution in [0, 0.1) is 5.92 Å². The van der Waals surface area contributed by atoms with E-state index in [9.17, 15) is 9.59 Å². The Labute approximate surface area is 131 Å². The maximum absolute atomic E-state index is 11.8. The molecular formula is C16H25N3O3. The van der Waals surface area contributed by atoms with E-state index < -0.39 is 0 Å². The Kier molecular flexibility index (Phi) is 7.22. The molecular weight excluding hydrogens is 282 g/mol. The first kappa shape index (κ1) is 17.8.